The number of halogens is 3. The Morgan fingerprint density at radius 1 is 1.00 bits per heavy atom. The van der Waals surface area contributed by atoms with Crippen LogP contribution in [0.15, 0.2) is 47.4 Å². The summed E-state index contributed by atoms with van der Waals surface area (Å²) in [5, 5.41) is 19.5. The molecule has 1 heterocycles. The SMILES string of the molecule is CCCCNC(=O)CN1CCN(c2ccc(C(=O)O)cc2NS(=O)(=O)c2cccc(C)c2)CC1.O=C(O)C(F)(F)F. The van der Waals surface area contributed by atoms with Gasteiger partial charge in [0.05, 0.1) is 28.4 Å². The van der Waals surface area contributed by atoms with Crippen LogP contribution in [0.4, 0.5) is 24.5 Å². The van der Waals surface area contributed by atoms with E-state index in [2.05, 4.69) is 21.9 Å². The maximum absolute atomic E-state index is 13.0. The third kappa shape index (κ3) is 10.6. The number of carbonyl (C=O) groups is 3. The Balaban J connectivity index is 0.000000745. The maximum atomic E-state index is 13.0. The first-order chi connectivity index (χ1) is 19.1. The van der Waals surface area contributed by atoms with Crippen molar-refractivity contribution < 1.29 is 46.2 Å². The van der Waals surface area contributed by atoms with E-state index in [-0.39, 0.29) is 22.1 Å². The quantitative estimate of drug-likeness (QED) is 0.300. The molecule has 0 aliphatic carbocycles. The van der Waals surface area contributed by atoms with Crippen molar-refractivity contribution in [1.82, 2.24) is 10.2 Å². The molecule has 1 saturated heterocycles. The lowest BCUT2D eigenvalue weighted by Gasteiger charge is -2.36. The second kappa shape index (κ2) is 14.7. The second-order valence-electron chi connectivity index (χ2n) is 9.23. The molecule has 1 amide bonds. The number of carbonyl (C=O) groups excluding carboxylic acids is 1. The second-order valence-corrected chi connectivity index (χ2v) is 10.9. The van der Waals surface area contributed by atoms with Gasteiger partial charge in [-0.25, -0.2) is 18.0 Å². The Hall–Kier alpha value is -3.85. The van der Waals surface area contributed by atoms with Crippen LogP contribution in [0.25, 0.3) is 0 Å². The first-order valence-corrected chi connectivity index (χ1v) is 14.1. The lowest BCUT2D eigenvalue weighted by molar-refractivity contribution is -0.192. The molecule has 1 aliphatic rings. The van der Waals surface area contributed by atoms with Gasteiger partial charge in [0, 0.05) is 32.7 Å². The average Bonchev–Trinajstić information content (AvgIpc) is 2.89. The molecule has 1 fully saturated rings. The monoisotopic (exact) mass is 602 g/mol. The van der Waals surface area contributed by atoms with Crippen LogP contribution in [0.5, 0.6) is 0 Å². The third-order valence-corrected chi connectivity index (χ3v) is 7.33. The predicted molar refractivity (Wildman–Crippen MR) is 146 cm³/mol. The molecular weight excluding hydrogens is 569 g/mol. The summed E-state index contributed by atoms with van der Waals surface area (Å²) >= 11 is 0. The fourth-order valence-corrected chi connectivity index (χ4v) is 4.99. The van der Waals surface area contributed by atoms with Crippen LogP contribution in [0.3, 0.4) is 0 Å². The van der Waals surface area contributed by atoms with Gasteiger partial charge < -0.3 is 20.4 Å². The van der Waals surface area contributed by atoms with E-state index in [1.807, 2.05) is 4.90 Å². The predicted octanol–water partition coefficient (Wildman–Crippen LogP) is 3.17. The van der Waals surface area contributed by atoms with Crippen LogP contribution in [-0.4, -0.2) is 86.8 Å². The molecule has 0 spiro atoms. The zero-order chi connectivity index (χ0) is 30.8. The molecule has 226 valence electrons. The van der Waals surface area contributed by atoms with Gasteiger partial charge in [0.1, 0.15) is 0 Å². The van der Waals surface area contributed by atoms with E-state index in [0.29, 0.717) is 45.0 Å². The maximum Gasteiger partial charge on any atom is 0.490 e. The zero-order valence-corrected chi connectivity index (χ0v) is 23.4. The van der Waals surface area contributed by atoms with E-state index < -0.39 is 28.1 Å². The lowest BCUT2D eigenvalue weighted by atomic mass is 10.1. The van der Waals surface area contributed by atoms with Crippen LogP contribution >= 0.6 is 0 Å². The number of piperazine rings is 1. The van der Waals surface area contributed by atoms with E-state index in [9.17, 15) is 36.3 Å². The summed E-state index contributed by atoms with van der Waals surface area (Å²) in [4.78, 5) is 36.7. The number of rotatable bonds is 10. The van der Waals surface area contributed by atoms with Crippen molar-refractivity contribution >= 4 is 39.2 Å². The van der Waals surface area contributed by atoms with E-state index in [4.69, 9.17) is 9.90 Å². The van der Waals surface area contributed by atoms with Crippen LogP contribution in [0.1, 0.15) is 35.7 Å². The molecule has 0 bridgehead atoms. The number of aromatic carboxylic acids is 1. The number of unbranched alkanes of at least 4 members (excludes halogenated alkanes) is 1. The Morgan fingerprint density at radius 3 is 2.17 bits per heavy atom. The van der Waals surface area contributed by atoms with E-state index in [1.54, 1.807) is 31.2 Å². The van der Waals surface area contributed by atoms with Crippen LogP contribution < -0.4 is 14.9 Å². The molecule has 2 aromatic carbocycles. The van der Waals surface area contributed by atoms with Crippen molar-refractivity contribution in [3.63, 3.8) is 0 Å². The number of aryl methyl sites for hydroxylation is 1. The first kappa shape index (κ1) is 33.4. The highest BCUT2D eigenvalue weighted by Crippen LogP contribution is 2.30. The minimum absolute atomic E-state index is 0.000634. The molecule has 11 nitrogen and oxygen atoms in total. The van der Waals surface area contributed by atoms with Gasteiger partial charge in [0.25, 0.3) is 10.0 Å². The number of nitrogens with zero attached hydrogens (tertiary/aromatic N) is 2. The topological polar surface area (TPSA) is 156 Å². The van der Waals surface area contributed by atoms with Gasteiger partial charge in [0.2, 0.25) is 5.91 Å². The van der Waals surface area contributed by atoms with Crippen molar-refractivity contribution in [2.75, 3.05) is 48.9 Å². The van der Waals surface area contributed by atoms with Gasteiger partial charge in [-0.05, 0) is 49.2 Å². The van der Waals surface area contributed by atoms with Gasteiger partial charge in [-0.3, -0.25) is 14.4 Å². The number of anilines is 2. The average molecular weight is 603 g/mol. The van der Waals surface area contributed by atoms with Gasteiger partial charge >= 0.3 is 18.1 Å². The Morgan fingerprint density at radius 2 is 1.63 bits per heavy atom. The number of alkyl halides is 3. The Kier molecular flexibility index (Phi) is 11.9. The number of nitrogens with one attached hydrogen (secondary N) is 2. The molecule has 0 unspecified atom stereocenters. The molecule has 4 N–H and O–H groups in total. The summed E-state index contributed by atoms with van der Waals surface area (Å²) < 4.78 is 60.4. The molecule has 3 rings (SSSR count). The van der Waals surface area contributed by atoms with E-state index in [0.717, 1.165) is 18.4 Å². The standard InChI is InChI=1S/C24H32N4O5S.C2HF3O2/c1-3-4-10-25-23(29)17-27-11-13-28(14-12-27)22-9-8-19(24(30)31)16-21(22)26-34(32,33)20-7-5-6-18(2)15-20;3-2(4,5)1(6)7/h5-9,15-16,26H,3-4,10-14,17H2,1-2H3,(H,25,29)(H,30,31);(H,6,7). The zero-order valence-electron chi connectivity index (χ0n) is 22.6. The normalized spacial score (nSPS) is 14.0. The van der Waals surface area contributed by atoms with Crippen molar-refractivity contribution in [2.24, 2.45) is 0 Å². The third-order valence-electron chi connectivity index (χ3n) is 5.96. The van der Waals surface area contributed by atoms with Crippen molar-refractivity contribution in [2.45, 2.75) is 37.8 Å². The number of hydrogen-bond acceptors (Lipinski definition) is 7. The van der Waals surface area contributed by atoms with Gasteiger partial charge in [0.15, 0.2) is 0 Å². The number of carboxylic acid groups (broad SMARTS) is 2. The van der Waals surface area contributed by atoms with Crippen molar-refractivity contribution in [1.29, 1.82) is 0 Å². The molecule has 41 heavy (non-hydrogen) atoms. The summed E-state index contributed by atoms with van der Waals surface area (Å²) in [6.07, 6.45) is -3.11. The molecule has 15 heteroatoms. The van der Waals surface area contributed by atoms with Gasteiger partial charge in [-0.1, -0.05) is 25.5 Å². The number of amides is 1. The number of benzene rings is 2. The lowest BCUT2D eigenvalue weighted by Crippen LogP contribution is -2.49. The van der Waals surface area contributed by atoms with Gasteiger partial charge in [-0.2, -0.15) is 13.2 Å². The summed E-state index contributed by atoms with van der Waals surface area (Å²) in [5.74, 6) is -3.90. The fourth-order valence-electron chi connectivity index (χ4n) is 3.82. The Bertz CT molecular complexity index is 1330. The molecule has 0 saturated carbocycles. The Labute approximate surface area is 236 Å². The number of sulfonamides is 1. The fraction of sp³-hybridized carbons (Fsp3) is 0.423. The van der Waals surface area contributed by atoms with Crippen molar-refractivity contribution in [3.8, 4) is 0 Å². The molecular formula is C26H33F3N4O7S. The van der Waals surface area contributed by atoms with Crippen LogP contribution in [0, 0.1) is 6.92 Å². The van der Waals surface area contributed by atoms with Gasteiger partial charge in [-0.15, -0.1) is 0 Å². The smallest absolute Gasteiger partial charge is 0.478 e. The van der Waals surface area contributed by atoms with E-state index in [1.165, 1.54) is 18.2 Å². The highest BCUT2D eigenvalue weighted by molar-refractivity contribution is 7.92. The van der Waals surface area contributed by atoms with E-state index >= 15 is 0 Å². The summed E-state index contributed by atoms with van der Waals surface area (Å²) in [7, 11) is -3.91. The highest BCUT2D eigenvalue weighted by Gasteiger charge is 2.38. The molecule has 0 atom stereocenters. The summed E-state index contributed by atoms with van der Waals surface area (Å²) in [6.45, 7) is 7.29. The highest BCUT2D eigenvalue weighted by atomic mass is 32.2. The van der Waals surface area contributed by atoms with Crippen molar-refractivity contribution in [3.05, 3.63) is 53.6 Å². The number of carboxylic acids is 2. The molecule has 0 aromatic heterocycles. The number of aliphatic carboxylic acids is 1. The molecule has 2 aromatic rings. The van der Waals surface area contributed by atoms with Crippen LogP contribution in [0.2, 0.25) is 0 Å². The number of hydrogen-bond donors (Lipinski definition) is 4. The summed E-state index contributed by atoms with van der Waals surface area (Å²) in [6, 6.07) is 11.0. The van der Waals surface area contributed by atoms with Crippen LogP contribution in [-0.2, 0) is 19.6 Å². The minimum Gasteiger partial charge on any atom is -0.478 e. The first-order valence-electron chi connectivity index (χ1n) is 12.6. The minimum atomic E-state index is -5.08. The largest absolute Gasteiger partial charge is 0.490 e. The molecule has 1 aliphatic heterocycles. The molecule has 0 radical (unpaired) electrons. The summed E-state index contributed by atoms with van der Waals surface area (Å²) in [5.41, 5.74) is 1.62.